The molecule has 0 spiro atoms. The van der Waals surface area contributed by atoms with Crippen molar-refractivity contribution in [3.05, 3.63) is 66.2 Å². The van der Waals surface area contributed by atoms with Crippen LogP contribution in [0.25, 0.3) is 0 Å². The summed E-state index contributed by atoms with van der Waals surface area (Å²) in [5, 5.41) is 4.18. The minimum absolute atomic E-state index is 0.172. The van der Waals surface area contributed by atoms with Gasteiger partial charge in [-0.1, -0.05) is 6.07 Å². The third kappa shape index (κ3) is 3.97. The molecule has 0 bridgehead atoms. The van der Waals surface area contributed by atoms with Crippen LogP contribution in [0.3, 0.4) is 0 Å². The molecule has 0 unspecified atom stereocenters. The second-order valence-electron chi connectivity index (χ2n) is 5.52. The van der Waals surface area contributed by atoms with Gasteiger partial charge in [-0.25, -0.2) is 8.42 Å². The van der Waals surface area contributed by atoms with E-state index < -0.39 is 10.0 Å². The van der Waals surface area contributed by atoms with Crippen LogP contribution in [-0.2, 0) is 16.6 Å². The molecule has 7 nitrogen and oxygen atoms in total. The van der Waals surface area contributed by atoms with Gasteiger partial charge in [0.15, 0.2) is 0 Å². The highest BCUT2D eigenvalue weighted by Crippen LogP contribution is 2.23. The fourth-order valence-electron chi connectivity index (χ4n) is 2.41. The zero-order valence-corrected chi connectivity index (χ0v) is 14.7. The number of hydrogen-bond acceptors (Lipinski definition) is 5. The number of methoxy groups -OCH3 is 1. The number of ether oxygens (including phenoxy) is 1. The molecule has 130 valence electrons. The maximum Gasteiger partial charge on any atom is 0.262 e. The molecule has 0 saturated carbocycles. The summed E-state index contributed by atoms with van der Waals surface area (Å²) in [6, 6.07) is 8.48. The van der Waals surface area contributed by atoms with Gasteiger partial charge < -0.3 is 4.74 Å². The van der Waals surface area contributed by atoms with Crippen LogP contribution in [0.2, 0.25) is 0 Å². The first-order chi connectivity index (χ1) is 12.0. The molecule has 0 aliphatic rings. The normalized spacial score (nSPS) is 11.3. The van der Waals surface area contributed by atoms with Gasteiger partial charge in [-0.05, 0) is 42.3 Å². The Bertz CT molecular complexity index is 969. The topological polar surface area (TPSA) is 86.1 Å². The van der Waals surface area contributed by atoms with Gasteiger partial charge in [0.25, 0.3) is 10.0 Å². The molecule has 2 aromatic heterocycles. The van der Waals surface area contributed by atoms with E-state index in [2.05, 4.69) is 14.8 Å². The number of hydrogen-bond donors (Lipinski definition) is 1. The zero-order valence-electron chi connectivity index (χ0n) is 13.9. The van der Waals surface area contributed by atoms with E-state index >= 15 is 0 Å². The molecule has 0 aliphatic heterocycles. The van der Waals surface area contributed by atoms with Crippen molar-refractivity contribution in [1.29, 1.82) is 0 Å². The molecule has 0 radical (unpaired) electrons. The van der Waals surface area contributed by atoms with Crippen LogP contribution >= 0.6 is 0 Å². The standard InChI is InChI=1S/C17H18N4O3S/c1-13-8-16(5-6-17(13)24-2)25(22,23)20-15-10-19-21(12-15)11-14-4-3-7-18-9-14/h3-10,12,20H,11H2,1-2H3. The number of aromatic nitrogens is 3. The van der Waals surface area contributed by atoms with E-state index in [1.165, 1.54) is 12.3 Å². The summed E-state index contributed by atoms with van der Waals surface area (Å²) in [5.41, 5.74) is 2.13. The van der Waals surface area contributed by atoms with Crippen LogP contribution in [0.1, 0.15) is 11.1 Å². The van der Waals surface area contributed by atoms with Crippen LogP contribution in [0.15, 0.2) is 60.0 Å². The molecule has 3 rings (SSSR count). The third-order valence-corrected chi connectivity index (χ3v) is 5.01. The van der Waals surface area contributed by atoms with E-state index in [0.717, 1.165) is 11.1 Å². The summed E-state index contributed by atoms with van der Waals surface area (Å²) in [4.78, 5) is 4.22. The molecule has 8 heteroatoms. The lowest BCUT2D eigenvalue weighted by atomic mass is 10.2. The lowest BCUT2D eigenvalue weighted by Crippen LogP contribution is -2.12. The average Bonchev–Trinajstić information content (AvgIpc) is 3.02. The summed E-state index contributed by atoms with van der Waals surface area (Å²) in [7, 11) is -2.14. The molecule has 25 heavy (non-hydrogen) atoms. The van der Waals surface area contributed by atoms with Crippen molar-refractivity contribution in [2.24, 2.45) is 0 Å². The van der Waals surface area contributed by atoms with E-state index in [-0.39, 0.29) is 4.90 Å². The van der Waals surface area contributed by atoms with Gasteiger partial charge in [0, 0.05) is 18.6 Å². The molecule has 0 saturated heterocycles. The molecule has 0 atom stereocenters. The Morgan fingerprint density at radius 3 is 2.76 bits per heavy atom. The number of sulfonamides is 1. The van der Waals surface area contributed by atoms with Gasteiger partial charge in [-0.2, -0.15) is 5.10 Å². The van der Waals surface area contributed by atoms with Crippen molar-refractivity contribution < 1.29 is 13.2 Å². The second-order valence-corrected chi connectivity index (χ2v) is 7.21. The zero-order chi connectivity index (χ0) is 17.9. The number of nitrogens with zero attached hydrogens (tertiary/aromatic N) is 3. The highest BCUT2D eigenvalue weighted by Gasteiger charge is 2.16. The van der Waals surface area contributed by atoms with Gasteiger partial charge in [0.05, 0.1) is 30.4 Å². The van der Waals surface area contributed by atoms with Gasteiger partial charge in [0.2, 0.25) is 0 Å². The van der Waals surface area contributed by atoms with Crippen molar-refractivity contribution in [2.45, 2.75) is 18.4 Å². The smallest absolute Gasteiger partial charge is 0.262 e. The number of nitrogens with one attached hydrogen (secondary N) is 1. The minimum Gasteiger partial charge on any atom is -0.496 e. The Balaban J connectivity index is 1.76. The van der Waals surface area contributed by atoms with Crippen LogP contribution in [0.4, 0.5) is 5.69 Å². The molecule has 0 aliphatic carbocycles. The lowest BCUT2D eigenvalue weighted by molar-refractivity contribution is 0.411. The monoisotopic (exact) mass is 358 g/mol. The van der Waals surface area contributed by atoms with Crippen molar-refractivity contribution in [3.8, 4) is 5.75 Å². The predicted molar refractivity (Wildman–Crippen MR) is 94.1 cm³/mol. The Kier molecular flexibility index (Phi) is 4.71. The van der Waals surface area contributed by atoms with Crippen molar-refractivity contribution in [3.63, 3.8) is 0 Å². The molecule has 1 aromatic carbocycles. The lowest BCUT2D eigenvalue weighted by Gasteiger charge is -2.09. The Morgan fingerprint density at radius 2 is 2.08 bits per heavy atom. The SMILES string of the molecule is COc1ccc(S(=O)(=O)Nc2cnn(Cc3cccnc3)c2)cc1C. The van der Waals surface area contributed by atoms with Gasteiger partial charge >= 0.3 is 0 Å². The van der Waals surface area contributed by atoms with E-state index in [1.54, 1.807) is 49.4 Å². The highest BCUT2D eigenvalue weighted by molar-refractivity contribution is 7.92. The fourth-order valence-corrected chi connectivity index (χ4v) is 3.53. The van der Waals surface area contributed by atoms with Gasteiger partial charge in [0.1, 0.15) is 5.75 Å². The van der Waals surface area contributed by atoms with E-state index in [0.29, 0.717) is 18.0 Å². The van der Waals surface area contributed by atoms with E-state index in [1.807, 2.05) is 12.1 Å². The van der Waals surface area contributed by atoms with Crippen molar-refractivity contribution >= 4 is 15.7 Å². The summed E-state index contributed by atoms with van der Waals surface area (Å²) < 4.78 is 34.4. The quantitative estimate of drug-likeness (QED) is 0.731. The Morgan fingerprint density at radius 1 is 1.24 bits per heavy atom. The Hall–Kier alpha value is -2.87. The van der Waals surface area contributed by atoms with Crippen molar-refractivity contribution in [1.82, 2.24) is 14.8 Å². The van der Waals surface area contributed by atoms with Gasteiger partial charge in [-0.3, -0.25) is 14.4 Å². The molecule has 1 N–H and O–H groups in total. The summed E-state index contributed by atoms with van der Waals surface area (Å²) in [5.74, 6) is 0.642. The maximum absolute atomic E-state index is 12.5. The summed E-state index contributed by atoms with van der Waals surface area (Å²) in [6.07, 6.45) is 6.56. The molecular formula is C17H18N4O3S. The fraction of sp³-hybridized carbons (Fsp3) is 0.176. The van der Waals surface area contributed by atoms with Gasteiger partial charge in [-0.15, -0.1) is 0 Å². The van der Waals surface area contributed by atoms with Crippen LogP contribution in [-0.4, -0.2) is 30.3 Å². The number of anilines is 1. The molecule has 0 fully saturated rings. The first-order valence-corrected chi connectivity index (χ1v) is 9.05. The largest absolute Gasteiger partial charge is 0.496 e. The number of aryl methyl sites for hydroxylation is 1. The molecule has 3 aromatic rings. The first-order valence-electron chi connectivity index (χ1n) is 7.57. The number of pyridine rings is 1. The summed E-state index contributed by atoms with van der Waals surface area (Å²) >= 11 is 0. The van der Waals surface area contributed by atoms with Crippen LogP contribution in [0.5, 0.6) is 5.75 Å². The van der Waals surface area contributed by atoms with Crippen LogP contribution in [0, 0.1) is 6.92 Å². The number of rotatable bonds is 6. The predicted octanol–water partition coefficient (Wildman–Crippen LogP) is 2.44. The van der Waals surface area contributed by atoms with Crippen LogP contribution < -0.4 is 9.46 Å². The second kappa shape index (κ2) is 6.94. The van der Waals surface area contributed by atoms with E-state index in [9.17, 15) is 8.42 Å². The first kappa shape index (κ1) is 17.0. The molecular weight excluding hydrogens is 340 g/mol. The Labute approximate surface area is 146 Å². The minimum atomic E-state index is -3.69. The number of benzene rings is 1. The van der Waals surface area contributed by atoms with E-state index in [4.69, 9.17) is 4.74 Å². The molecule has 2 heterocycles. The summed E-state index contributed by atoms with van der Waals surface area (Å²) in [6.45, 7) is 2.31. The molecule has 0 amide bonds. The average molecular weight is 358 g/mol. The highest BCUT2D eigenvalue weighted by atomic mass is 32.2. The third-order valence-electron chi connectivity index (χ3n) is 3.63. The maximum atomic E-state index is 12.5. The van der Waals surface area contributed by atoms with Crippen molar-refractivity contribution in [2.75, 3.05) is 11.8 Å².